The number of aryl methyl sites for hydroxylation is 1. The molecule has 0 aromatic heterocycles. The van der Waals surface area contributed by atoms with E-state index in [0.29, 0.717) is 19.6 Å². The standard InChI is InChI=1S/C22H26N2O3S/c1-16-8-6-7-11-20(16)22-21-14-23(17(2)25)12-19(21)13-24(22)28(26,27)15-18-9-4-3-5-10-18/h3-11,19,21-22H,12-15H2,1-2H3/t19-,21-,22+/m0/s1. The minimum absolute atomic E-state index is 0.00604. The second kappa shape index (κ2) is 7.33. The highest BCUT2D eigenvalue weighted by atomic mass is 32.2. The lowest BCUT2D eigenvalue weighted by molar-refractivity contribution is -0.128. The minimum Gasteiger partial charge on any atom is -0.342 e. The van der Waals surface area contributed by atoms with E-state index < -0.39 is 10.0 Å². The molecule has 1 amide bonds. The fraction of sp³-hybridized carbons (Fsp3) is 0.409. The minimum atomic E-state index is -3.48. The van der Waals surface area contributed by atoms with Gasteiger partial charge in [-0.05, 0) is 29.5 Å². The number of hydrogen-bond acceptors (Lipinski definition) is 3. The average molecular weight is 399 g/mol. The zero-order valence-corrected chi connectivity index (χ0v) is 17.1. The van der Waals surface area contributed by atoms with Crippen LogP contribution in [0.2, 0.25) is 0 Å². The second-order valence-electron chi connectivity index (χ2n) is 7.96. The van der Waals surface area contributed by atoms with E-state index in [0.717, 1.165) is 16.7 Å². The van der Waals surface area contributed by atoms with Crippen LogP contribution in [0.3, 0.4) is 0 Å². The van der Waals surface area contributed by atoms with Crippen molar-refractivity contribution in [3.05, 3.63) is 71.3 Å². The molecule has 5 nitrogen and oxygen atoms in total. The number of benzene rings is 2. The Bertz CT molecular complexity index is 974. The third-order valence-electron chi connectivity index (χ3n) is 6.12. The fourth-order valence-electron chi connectivity index (χ4n) is 4.72. The fourth-order valence-corrected chi connectivity index (χ4v) is 6.54. The van der Waals surface area contributed by atoms with Gasteiger partial charge in [0.25, 0.3) is 0 Å². The topological polar surface area (TPSA) is 57.7 Å². The maximum absolute atomic E-state index is 13.4. The van der Waals surface area contributed by atoms with Gasteiger partial charge in [-0.2, -0.15) is 4.31 Å². The maximum atomic E-state index is 13.4. The van der Waals surface area contributed by atoms with Crippen molar-refractivity contribution in [2.45, 2.75) is 25.6 Å². The van der Waals surface area contributed by atoms with Crippen molar-refractivity contribution in [2.75, 3.05) is 19.6 Å². The number of amides is 1. The molecule has 0 radical (unpaired) electrons. The average Bonchev–Trinajstić information content (AvgIpc) is 3.21. The number of fused-ring (bicyclic) bond motifs is 1. The second-order valence-corrected chi connectivity index (χ2v) is 9.88. The van der Waals surface area contributed by atoms with Gasteiger partial charge in [-0.25, -0.2) is 8.42 Å². The number of carbonyl (C=O) groups excluding carboxylic acids is 1. The Morgan fingerprint density at radius 1 is 1.00 bits per heavy atom. The summed E-state index contributed by atoms with van der Waals surface area (Å²) >= 11 is 0. The largest absolute Gasteiger partial charge is 0.342 e. The number of nitrogens with zero attached hydrogens (tertiary/aromatic N) is 2. The van der Waals surface area contributed by atoms with E-state index in [1.165, 1.54) is 0 Å². The molecule has 6 heteroatoms. The highest BCUT2D eigenvalue weighted by molar-refractivity contribution is 7.88. The van der Waals surface area contributed by atoms with Gasteiger partial charge in [-0.1, -0.05) is 54.6 Å². The predicted octanol–water partition coefficient (Wildman–Crippen LogP) is 2.98. The Morgan fingerprint density at radius 3 is 2.36 bits per heavy atom. The Hall–Kier alpha value is -2.18. The number of hydrogen-bond donors (Lipinski definition) is 0. The third-order valence-corrected chi connectivity index (χ3v) is 7.91. The SMILES string of the molecule is CC(=O)N1C[C@H]2CN(S(=O)(=O)Cc3ccccc3)[C@H](c3ccccc3C)[C@H]2C1. The van der Waals surface area contributed by atoms with E-state index in [1.807, 2.05) is 66.4 Å². The number of sulfonamides is 1. The molecule has 4 rings (SSSR count). The summed E-state index contributed by atoms with van der Waals surface area (Å²) in [6.07, 6.45) is 0. The van der Waals surface area contributed by atoms with E-state index >= 15 is 0 Å². The Labute approximate surface area is 167 Å². The first-order valence-electron chi connectivity index (χ1n) is 9.71. The summed E-state index contributed by atoms with van der Waals surface area (Å²) in [6, 6.07) is 17.1. The molecule has 2 saturated heterocycles. The summed E-state index contributed by atoms with van der Waals surface area (Å²) in [4.78, 5) is 13.8. The van der Waals surface area contributed by atoms with Crippen molar-refractivity contribution in [1.82, 2.24) is 9.21 Å². The summed E-state index contributed by atoms with van der Waals surface area (Å²) in [5.41, 5.74) is 2.94. The molecule has 0 bridgehead atoms. The van der Waals surface area contributed by atoms with Crippen LogP contribution < -0.4 is 0 Å². The zero-order valence-electron chi connectivity index (χ0n) is 16.3. The van der Waals surface area contributed by atoms with E-state index in [9.17, 15) is 13.2 Å². The van der Waals surface area contributed by atoms with Crippen molar-refractivity contribution >= 4 is 15.9 Å². The molecule has 2 aromatic carbocycles. The van der Waals surface area contributed by atoms with E-state index in [4.69, 9.17) is 0 Å². The lowest BCUT2D eigenvalue weighted by Gasteiger charge is -2.30. The highest BCUT2D eigenvalue weighted by Gasteiger charge is 2.51. The van der Waals surface area contributed by atoms with Crippen LogP contribution in [0.15, 0.2) is 54.6 Å². The molecule has 2 heterocycles. The molecule has 2 aliphatic heterocycles. The van der Waals surface area contributed by atoms with Gasteiger partial charge in [-0.3, -0.25) is 4.79 Å². The van der Waals surface area contributed by atoms with E-state index in [2.05, 4.69) is 0 Å². The van der Waals surface area contributed by atoms with Gasteiger partial charge < -0.3 is 4.90 Å². The summed E-state index contributed by atoms with van der Waals surface area (Å²) in [5, 5.41) is 0. The molecular formula is C22H26N2O3S. The van der Waals surface area contributed by atoms with Crippen molar-refractivity contribution in [1.29, 1.82) is 0 Å². The molecule has 2 fully saturated rings. The van der Waals surface area contributed by atoms with Gasteiger partial charge in [-0.15, -0.1) is 0 Å². The van der Waals surface area contributed by atoms with Crippen LogP contribution in [0.5, 0.6) is 0 Å². The molecule has 2 aromatic rings. The van der Waals surface area contributed by atoms with Crippen LogP contribution in [0.25, 0.3) is 0 Å². The molecule has 148 valence electrons. The van der Waals surface area contributed by atoms with Crippen LogP contribution in [0.4, 0.5) is 0 Å². The number of carbonyl (C=O) groups is 1. The van der Waals surface area contributed by atoms with Gasteiger partial charge >= 0.3 is 0 Å². The van der Waals surface area contributed by atoms with Crippen molar-refractivity contribution in [3.63, 3.8) is 0 Å². The quantitative estimate of drug-likeness (QED) is 0.796. The zero-order chi connectivity index (χ0) is 19.9. The van der Waals surface area contributed by atoms with E-state index in [-0.39, 0.29) is 29.5 Å². The van der Waals surface area contributed by atoms with Gasteiger partial charge in [0, 0.05) is 32.5 Å². The molecule has 2 aliphatic rings. The Morgan fingerprint density at radius 2 is 1.68 bits per heavy atom. The van der Waals surface area contributed by atoms with Gasteiger partial charge in [0.15, 0.2) is 0 Å². The first kappa shape index (κ1) is 19.2. The summed E-state index contributed by atoms with van der Waals surface area (Å²) in [7, 11) is -3.48. The Balaban J connectivity index is 1.70. The van der Waals surface area contributed by atoms with Crippen molar-refractivity contribution in [3.8, 4) is 0 Å². The van der Waals surface area contributed by atoms with Crippen LogP contribution in [-0.2, 0) is 20.6 Å². The molecule has 0 N–H and O–H groups in total. The van der Waals surface area contributed by atoms with Crippen molar-refractivity contribution < 1.29 is 13.2 Å². The maximum Gasteiger partial charge on any atom is 0.219 e. The molecule has 28 heavy (non-hydrogen) atoms. The lowest BCUT2D eigenvalue weighted by atomic mass is 9.88. The molecular weight excluding hydrogens is 372 g/mol. The molecule has 0 aliphatic carbocycles. The smallest absolute Gasteiger partial charge is 0.219 e. The summed E-state index contributed by atoms with van der Waals surface area (Å²) < 4.78 is 28.5. The number of likely N-dealkylation sites (tertiary alicyclic amines) is 1. The molecule has 0 saturated carbocycles. The predicted molar refractivity (Wildman–Crippen MR) is 109 cm³/mol. The lowest BCUT2D eigenvalue weighted by Crippen LogP contribution is -2.37. The first-order valence-corrected chi connectivity index (χ1v) is 11.3. The van der Waals surface area contributed by atoms with Crippen LogP contribution in [-0.4, -0.2) is 43.2 Å². The van der Waals surface area contributed by atoms with Crippen LogP contribution in [0.1, 0.15) is 29.7 Å². The van der Waals surface area contributed by atoms with Crippen LogP contribution in [0, 0.1) is 18.8 Å². The molecule has 3 atom stereocenters. The first-order chi connectivity index (χ1) is 13.4. The normalized spacial score (nSPS) is 25.1. The van der Waals surface area contributed by atoms with Gasteiger partial charge in [0.05, 0.1) is 11.8 Å². The molecule has 0 unspecified atom stereocenters. The Kier molecular flexibility index (Phi) is 5.02. The summed E-state index contributed by atoms with van der Waals surface area (Å²) in [5.74, 6) is 0.387. The summed E-state index contributed by atoms with van der Waals surface area (Å²) in [6.45, 7) is 5.36. The van der Waals surface area contributed by atoms with Crippen LogP contribution >= 0.6 is 0 Å². The molecule has 0 spiro atoms. The highest BCUT2D eigenvalue weighted by Crippen LogP contribution is 2.47. The monoisotopic (exact) mass is 398 g/mol. The third kappa shape index (κ3) is 3.47. The van der Waals surface area contributed by atoms with E-state index in [1.54, 1.807) is 11.2 Å². The van der Waals surface area contributed by atoms with Gasteiger partial charge in [0.1, 0.15) is 0 Å². The van der Waals surface area contributed by atoms with Gasteiger partial charge in [0.2, 0.25) is 15.9 Å². The number of rotatable bonds is 4. The van der Waals surface area contributed by atoms with Crippen molar-refractivity contribution in [2.24, 2.45) is 11.8 Å².